The standard InChI is InChI=1S/C10H11N3S2/c1-12-9(14-2)10-13-7-4-3-6(11)5-8(7)15-10/h3-5H,11H2,1-2H3/b12-9-. The maximum Gasteiger partial charge on any atom is 0.149 e. The van der Waals surface area contributed by atoms with Crippen LogP contribution in [0.4, 0.5) is 5.69 Å². The Kier molecular flexibility index (Phi) is 2.93. The molecule has 2 rings (SSSR count). The predicted molar refractivity (Wildman–Crippen MR) is 70.0 cm³/mol. The van der Waals surface area contributed by atoms with Gasteiger partial charge in [-0.15, -0.1) is 23.1 Å². The first-order valence-electron chi connectivity index (χ1n) is 4.42. The number of nitrogens with two attached hydrogens (primary N) is 1. The van der Waals surface area contributed by atoms with Gasteiger partial charge in [0, 0.05) is 12.7 Å². The highest BCUT2D eigenvalue weighted by Crippen LogP contribution is 2.26. The number of benzene rings is 1. The summed E-state index contributed by atoms with van der Waals surface area (Å²) in [5.74, 6) is 0. The van der Waals surface area contributed by atoms with E-state index in [4.69, 9.17) is 5.73 Å². The van der Waals surface area contributed by atoms with Gasteiger partial charge in [0.25, 0.3) is 0 Å². The summed E-state index contributed by atoms with van der Waals surface area (Å²) in [5, 5.41) is 1.93. The number of aromatic nitrogens is 1. The molecule has 5 heteroatoms. The van der Waals surface area contributed by atoms with E-state index in [1.165, 1.54) is 0 Å². The summed E-state index contributed by atoms with van der Waals surface area (Å²) in [6, 6.07) is 5.76. The molecule has 1 aromatic carbocycles. The molecular formula is C10H11N3S2. The van der Waals surface area contributed by atoms with Crippen LogP contribution in [-0.4, -0.2) is 23.3 Å². The lowest BCUT2D eigenvalue weighted by Gasteiger charge is -1.93. The molecule has 0 saturated carbocycles. The first-order chi connectivity index (χ1) is 7.24. The smallest absolute Gasteiger partial charge is 0.149 e. The summed E-state index contributed by atoms with van der Waals surface area (Å²) in [6.07, 6.45) is 2.00. The van der Waals surface area contributed by atoms with Crippen LogP contribution in [0.15, 0.2) is 23.2 Å². The number of nitrogen functional groups attached to an aromatic ring is 1. The summed E-state index contributed by atoms with van der Waals surface area (Å²) in [4.78, 5) is 8.70. The van der Waals surface area contributed by atoms with Crippen LogP contribution in [-0.2, 0) is 0 Å². The minimum absolute atomic E-state index is 0.775. The number of fused-ring (bicyclic) bond motifs is 1. The highest BCUT2D eigenvalue weighted by atomic mass is 32.2. The third kappa shape index (κ3) is 1.98. The highest BCUT2D eigenvalue weighted by Gasteiger charge is 2.08. The summed E-state index contributed by atoms with van der Waals surface area (Å²) < 4.78 is 1.11. The van der Waals surface area contributed by atoms with Crippen molar-refractivity contribution in [2.45, 2.75) is 0 Å². The number of nitrogens with zero attached hydrogens (tertiary/aromatic N) is 2. The molecule has 15 heavy (non-hydrogen) atoms. The SMILES string of the molecule is C/N=C(\SC)c1nc2ccc(N)cc2s1. The Morgan fingerprint density at radius 2 is 2.33 bits per heavy atom. The quantitative estimate of drug-likeness (QED) is 0.471. The summed E-state index contributed by atoms with van der Waals surface area (Å²) in [6.45, 7) is 0. The predicted octanol–water partition coefficient (Wildman–Crippen LogP) is 2.62. The number of thiazole rings is 1. The van der Waals surface area contributed by atoms with Gasteiger partial charge >= 0.3 is 0 Å². The molecule has 0 atom stereocenters. The monoisotopic (exact) mass is 237 g/mol. The van der Waals surface area contributed by atoms with Crippen LogP contribution >= 0.6 is 23.1 Å². The van der Waals surface area contributed by atoms with Crippen molar-refractivity contribution < 1.29 is 0 Å². The molecule has 2 aromatic rings. The number of hydrogen-bond acceptors (Lipinski definition) is 5. The van der Waals surface area contributed by atoms with Gasteiger partial charge in [0.2, 0.25) is 0 Å². The van der Waals surface area contributed by atoms with Crippen LogP contribution < -0.4 is 5.73 Å². The van der Waals surface area contributed by atoms with E-state index in [-0.39, 0.29) is 0 Å². The highest BCUT2D eigenvalue weighted by molar-refractivity contribution is 8.14. The van der Waals surface area contributed by atoms with Crippen molar-refractivity contribution >= 4 is 44.0 Å². The van der Waals surface area contributed by atoms with Gasteiger partial charge < -0.3 is 5.73 Å². The molecule has 0 unspecified atom stereocenters. The molecule has 0 aliphatic heterocycles. The molecule has 0 radical (unpaired) electrons. The minimum Gasteiger partial charge on any atom is -0.399 e. The van der Waals surface area contributed by atoms with Crippen molar-refractivity contribution in [2.75, 3.05) is 19.0 Å². The summed E-state index contributed by atoms with van der Waals surface area (Å²) >= 11 is 3.24. The molecule has 0 amide bonds. The van der Waals surface area contributed by atoms with E-state index in [1.807, 2.05) is 24.5 Å². The van der Waals surface area contributed by atoms with E-state index in [0.29, 0.717) is 0 Å². The molecular weight excluding hydrogens is 226 g/mol. The fourth-order valence-electron chi connectivity index (χ4n) is 1.31. The topological polar surface area (TPSA) is 51.3 Å². The first-order valence-corrected chi connectivity index (χ1v) is 6.46. The van der Waals surface area contributed by atoms with Gasteiger partial charge in [-0.1, -0.05) is 0 Å². The van der Waals surface area contributed by atoms with E-state index >= 15 is 0 Å². The maximum atomic E-state index is 5.72. The number of hydrogen-bond donors (Lipinski definition) is 1. The van der Waals surface area contributed by atoms with Gasteiger partial charge in [-0.25, -0.2) is 4.98 Å². The molecule has 0 saturated heterocycles. The fraction of sp³-hybridized carbons (Fsp3) is 0.200. The van der Waals surface area contributed by atoms with Crippen molar-refractivity contribution in [3.8, 4) is 0 Å². The van der Waals surface area contributed by atoms with Crippen molar-refractivity contribution in [1.29, 1.82) is 0 Å². The van der Waals surface area contributed by atoms with Crippen LogP contribution in [0.1, 0.15) is 5.01 Å². The van der Waals surface area contributed by atoms with Crippen molar-refractivity contribution in [2.24, 2.45) is 4.99 Å². The summed E-state index contributed by atoms with van der Waals surface area (Å²) in [5.41, 5.74) is 7.48. The first kappa shape index (κ1) is 10.4. The second-order valence-electron chi connectivity index (χ2n) is 2.98. The zero-order valence-electron chi connectivity index (χ0n) is 8.52. The number of anilines is 1. The van der Waals surface area contributed by atoms with E-state index in [0.717, 1.165) is 26.0 Å². The Balaban J connectivity index is 2.56. The minimum atomic E-state index is 0.775. The van der Waals surface area contributed by atoms with Crippen molar-refractivity contribution in [1.82, 2.24) is 4.98 Å². The van der Waals surface area contributed by atoms with Crippen molar-refractivity contribution in [3.63, 3.8) is 0 Å². The maximum absolute atomic E-state index is 5.72. The lowest BCUT2D eigenvalue weighted by molar-refractivity contribution is 1.41. The van der Waals surface area contributed by atoms with Gasteiger partial charge in [-0.05, 0) is 24.5 Å². The normalized spacial score (nSPS) is 12.3. The second-order valence-corrected chi connectivity index (χ2v) is 4.80. The Bertz CT molecular complexity index is 516. The molecule has 0 spiro atoms. The van der Waals surface area contributed by atoms with Crippen LogP contribution in [0.3, 0.4) is 0 Å². The second kappa shape index (κ2) is 4.20. The molecule has 2 N–H and O–H groups in total. The summed E-state index contributed by atoms with van der Waals surface area (Å²) in [7, 11) is 1.78. The molecule has 1 aromatic heterocycles. The molecule has 0 bridgehead atoms. The lowest BCUT2D eigenvalue weighted by atomic mass is 10.3. The van der Waals surface area contributed by atoms with Crippen LogP contribution in [0, 0.1) is 0 Å². The van der Waals surface area contributed by atoms with E-state index in [9.17, 15) is 0 Å². The number of thioether (sulfide) groups is 1. The van der Waals surface area contributed by atoms with E-state index in [2.05, 4.69) is 9.98 Å². The Morgan fingerprint density at radius 3 is 3.00 bits per heavy atom. The van der Waals surface area contributed by atoms with Gasteiger partial charge in [0.05, 0.1) is 10.2 Å². The number of rotatable bonds is 1. The van der Waals surface area contributed by atoms with Crippen LogP contribution in [0.5, 0.6) is 0 Å². The van der Waals surface area contributed by atoms with Crippen molar-refractivity contribution in [3.05, 3.63) is 23.2 Å². The Hall–Kier alpha value is -1.07. The zero-order valence-corrected chi connectivity index (χ0v) is 10.2. The van der Waals surface area contributed by atoms with E-state index < -0.39 is 0 Å². The van der Waals surface area contributed by atoms with Crippen LogP contribution in [0.2, 0.25) is 0 Å². The number of aliphatic imine (C=N–C) groups is 1. The zero-order chi connectivity index (χ0) is 10.8. The van der Waals surface area contributed by atoms with E-state index in [1.54, 1.807) is 30.1 Å². The third-order valence-corrected chi connectivity index (χ3v) is 3.91. The Morgan fingerprint density at radius 1 is 1.53 bits per heavy atom. The van der Waals surface area contributed by atoms with Gasteiger partial charge in [0.15, 0.2) is 0 Å². The van der Waals surface area contributed by atoms with Crippen LogP contribution in [0.25, 0.3) is 10.2 Å². The molecule has 1 heterocycles. The average Bonchev–Trinajstić information content (AvgIpc) is 2.62. The van der Waals surface area contributed by atoms with Gasteiger partial charge in [-0.2, -0.15) is 0 Å². The molecule has 0 aliphatic rings. The Labute approximate surface area is 96.4 Å². The lowest BCUT2D eigenvalue weighted by Crippen LogP contribution is -1.92. The fourth-order valence-corrected chi connectivity index (χ4v) is 3.03. The molecule has 3 nitrogen and oxygen atoms in total. The van der Waals surface area contributed by atoms with Gasteiger partial charge in [-0.3, -0.25) is 4.99 Å². The largest absolute Gasteiger partial charge is 0.399 e. The molecule has 78 valence electrons. The molecule has 0 fully saturated rings. The molecule has 0 aliphatic carbocycles. The third-order valence-electron chi connectivity index (χ3n) is 1.99. The van der Waals surface area contributed by atoms with Gasteiger partial charge in [0.1, 0.15) is 10.1 Å². The average molecular weight is 237 g/mol.